The van der Waals surface area contributed by atoms with Crippen LogP contribution in [0.1, 0.15) is 35.7 Å². The first-order chi connectivity index (χ1) is 9.56. The number of rotatable bonds is 3. The number of hydrogen-bond acceptors (Lipinski definition) is 4. The molecular weight excluding hydrogens is 255 g/mol. The lowest BCUT2D eigenvalue weighted by molar-refractivity contribution is 0.619. The predicted molar refractivity (Wildman–Crippen MR) is 77.6 cm³/mol. The van der Waals surface area contributed by atoms with Crippen LogP contribution in [0.2, 0.25) is 0 Å². The Morgan fingerprint density at radius 1 is 1.20 bits per heavy atom. The van der Waals surface area contributed by atoms with Crippen molar-refractivity contribution in [2.45, 2.75) is 32.6 Å². The largest absolute Gasteiger partial charge is 0.383 e. The molecule has 0 bridgehead atoms. The third kappa shape index (κ3) is 2.31. The van der Waals surface area contributed by atoms with Gasteiger partial charge in [0, 0.05) is 22.7 Å². The Hall–Kier alpha value is -2.17. The van der Waals surface area contributed by atoms with Crippen LogP contribution in [-0.4, -0.2) is 9.97 Å². The maximum absolute atomic E-state index is 13.6. The first kappa shape index (κ1) is 12.8. The zero-order valence-electron chi connectivity index (χ0n) is 11.6. The van der Waals surface area contributed by atoms with Gasteiger partial charge in [-0.15, -0.1) is 0 Å². The summed E-state index contributed by atoms with van der Waals surface area (Å²) in [5, 5.41) is 3.17. The molecule has 1 aliphatic rings. The van der Waals surface area contributed by atoms with Crippen molar-refractivity contribution in [3.63, 3.8) is 0 Å². The summed E-state index contributed by atoms with van der Waals surface area (Å²) in [5.41, 5.74) is 8.00. The van der Waals surface area contributed by atoms with Gasteiger partial charge >= 0.3 is 0 Å². The Morgan fingerprint density at radius 2 is 1.95 bits per heavy atom. The van der Waals surface area contributed by atoms with Gasteiger partial charge in [0.15, 0.2) is 0 Å². The summed E-state index contributed by atoms with van der Waals surface area (Å²) < 4.78 is 13.6. The van der Waals surface area contributed by atoms with Crippen LogP contribution in [0.15, 0.2) is 18.2 Å². The van der Waals surface area contributed by atoms with Crippen LogP contribution >= 0.6 is 0 Å². The maximum atomic E-state index is 13.6. The van der Waals surface area contributed by atoms with Crippen LogP contribution < -0.4 is 11.1 Å². The second-order valence-corrected chi connectivity index (χ2v) is 5.25. The molecule has 1 saturated carbocycles. The average molecular weight is 272 g/mol. The van der Waals surface area contributed by atoms with Crippen LogP contribution in [-0.2, 0) is 0 Å². The molecule has 0 atom stereocenters. The lowest BCUT2D eigenvalue weighted by Crippen LogP contribution is -2.07. The van der Waals surface area contributed by atoms with E-state index < -0.39 is 0 Å². The molecule has 4 nitrogen and oxygen atoms in total. The molecule has 2 aromatic rings. The Balaban J connectivity index is 1.99. The lowest BCUT2D eigenvalue weighted by atomic mass is 10.2. The van der Waals surface area contributed by atoms with Gasteiger partial charge in [-0.05, 0) is 38.8 Å². The number of anilines is 3. The number of nitrogens with one attached hydrogen (secondary N) is 1. The Labute approximate surface area is 117 Å². The summed E-state index contributed by atoms with van der Waals surface area (Å²) >= 11 is 0. The van der Waals surface area contributed by atoms with E-state index in [1.54, 1.807) is 13.0 Å². The van der Waals surface area contributed by atoms with Crippen molar-refractivity contribution >= 4 is 17.3 Å². The summed E-state index contributed by atoms with van der Waals surface area (Å²) in [6, 6.07) is 4.94. The molecule has 5 heteroatoms. The Bertz CT molecular complexity index is 665. The smallest absolute Gasteiger partial charge is 0.139 e. The minimum atomic E-state index is -0.239. The topological polar surface area (TPSA) is 63.8 Å². The molecule has 0 amide bonds. The number of aromatic nitrogens is 2. The number of benzene rings is 1. The van der Waals surface area contributed by atoms with Crippen LogP contribution in [0, 0.1) is 19.7 Å². The quantitative estimate of drug-likeness (QED) is 0.898. The number of nitrogen functional groups attached to an aromatic ring is 1. The molecular formula is C15H17FN4. The average Bonchev–Trinajstić information content (AvgIpc) is 3.24. The van der Waals surface area contributed by atoms with Gasteiger partial charge < -0.3 is 11.1 Å². The van der Waals surface area contributed by atoms with Gasteiger partial charge in [-0.25, -0.2) is 14.4 Å². The monoisotopic (exact) mass is 272 g/mol. The highest BCUT2D eigenvalue weighted by atomic mass is 19.1. The zero-order valence-corrected chi connectivity index (χ0v) is 11.6. The molecule has 0 aliphatic heterocycles. The molecule has 1 aromatic heterocycles. The molecule has 104 valence electrons. The highest BCUT2D eigenvalue weighted by molar-refractivity contribution is 5.66. The summed E-state index contributed by atoms with van der Waals surface area (Å²) in [4.78, 5) is 8.87. The predicted octanol–water partition coefficient (Wildman–Crippen LogP) is 3.44. The fraction of sp³-hybridized carbons (Fsp3) is 0.333. The molecule has 1 fully saturated rings. The van der Waals surface area contributed by atoms with E-state index in [1.807, 2.05) is 13.0 Å². The van der Waals surface area contributed by atoms with E-state index >= 15 is 0 Å². The Morgan fingerprint density at radius 3 is 2.65 bits per heavy atom. The number of nitrogens with zero attached hydrogens (tertiary/aromatic N) is 2. The molecule has 1 aromatic carbocycles. The normalized spacial score (nSPS) is 14.3. The van der Waals surface area contributed by atoms with Crippen LogP contribution in [0.3, 0.4) is 0 Å². The molecule has 3 rings (SSSR count). The van der Waals surface area contributed by atoms with E-state index in [1.165, 1.54) is 6.07 Å². The minimum absolute atomic E-state index is 0.239. The van der Waals surface area contributed by atoms with Gasteiger partial charge in [-0.1, -0.05) is 6.07 Å². The second-order valence-electron chi connectivity index (χ2n) is 5.25. The van der Waals surface area contributed by atoms with E-state index in [0.717, 1.165) is 24.2 Å². The van der Waals surface area contributed by atoms with Gasteiger partial charge in [0.25, 0.3) is 0 Å². The molecule has 0 spiro atoms. The Kier molecular flexibility index (Phi) is 3.04. The molecule has 0 radical (unpaired) electrons. The first-order valence-electron chi connectivity index (χ1n) is 6.72. The lowest BCUT2D eigenvalue weighted by Gasteiger charge is -2.13. The van der Waals surface area contributed by atoms with Crippen LogP contribution in [0.4, 0.5) is 21.7 Å². The van der Waals surface area contributed by atoms with Crippen molar-refractivity contribution in [1.82, 2.24) is 9.97 Å². The summed E-state index contributed by atoms with van der Waals surface area (Å²) in [6.45, 7) is 3.60. The van der Waals surface area contributed by atoms with E-state index in [-0.39, 0.29) is 5.82 Å². The van der Waals surface area contributed by atoms with Crippen molar-refractivity contribution in [3.8, 4) is 0 Å². The molecule has 0 saturated heterocycles. The third-order valence-electron chi connectivity index (χ3n) is 3.66. The zero-order chi connectivity index (χ0) is 14.3. The third-order valence-corrected chi connectivity index (χ3v) is 3.66. The number of halogens is 1. The van der Waals surface area contributed by atoms with E-state index in [4.69, 9.17) is 5.73 Å². The molecule has 0 unspecified atom stereocenters. The summed E-state index contributed by atoms with van der Waals surface area (Å²) in [7, 11) is 0. The van der Waals surface area contributed by atoms with E-state index in [9.17, 15) is 4.39 Å². The van der Waals surface area contributed by atoms with Crippen molar-refractivity contribution in [2.24, 2.45) is 0 Å². The molecule has 1 heterocycles. The van der Waals surface area contributed by atoms with Gasteiger partial charge in [-0.3, -0.25) is 0 Å². The van der Waals surface area contributed by atoms with Gasteiger partial charge in [0.1, 0.15) is 23.3 Å². The van der Waals surface area contributed by atoms with Gasteiger partial charge in [-0.2, -0.15) is 0 Å². The van der Waals surface area contributed by atoms with Crippen LogP contribution in [0.25, 0.3) is 0 Å². The SMILES string of the molecule is Cc1c(F)cccc1Nc1nc(C2CC2)nc(N)c1C. The van der Waals surface area contributed by atoms with E-state index in [0.29, 0.717) is 28.8 Å². The molecule has 1 aliphatic carbocycles. The van der Waals surface area contributed by atoms with E-state index in [2.05, 4.69) is 15.3 Å². The van der Waals surface area contributed by atoms with Crippen molar-refractivity contribution in [1.29, 1.82) is 0 Å². The molecule has 20 heavy (non-hydrogen) atoms. The highest BCUT2D eigenvalue weighted by Crippen LogP contribution is 2.39. The van der Waals surface area contributed by atoms with Crippen molar-refractivity contribution < 1.29 is 4.39 Å². The number of nitrogens with two attached hydrogens (primary N) is 1. The van der Waals surface area contributed by atoms with Crippen molar-refractivity contribution in [2.75, 3.05) is 11.1 Å². The first-order valence-corrected chi connectivity index (χ1v) is 6.72. The second kappa shape index (κ2) is 4.74. The summed E-state index contributed by atoms with van der Waals surface area (Å²) in [5.74, 6) is 2.11. The fourth-order valence-corrected chi connectivity index (χ4v) is 2.07. The van der Waals surface area contributed by atoms with Gasteiger partial charge in [0.2, 0.25) is 0 Å². The summed E-state index contributed by atoms with van der Waals surface area (Å²) in [6.07, 6.45) is 2.22. The van der Waals surface area contributed by atoms with Crippen LogP contribution in [0.5, 0.6) is 0 Å². The van der Waals surface area contributed by atoms with Gasteiger partial charge in [0.05, 0.1) is 0 Å². The maximum Gasteiger partial charge on any atom is 0.139 e. The molecule has 3 N–H and O–H groups in total. The highest BCUT2D eigenvalue weighted by Gasteiger charge is 2.28. The number of hydrogen-bond donors (Lipinski definition) is 2. The minimum Gasteiger partial charge on any atom is -0.383 e. The fourth-order valence-electron chi connectivity index (χ4n) is 2.07. The van der Waals surface area contributed by atoms with Crippen molar-refractivity contribution in [3.05, 3.63) is 41.0 Å². The standard InChI is InChI=1S/C15H17FN4/c1-8-11(16)4-3-5-12(8)18-14-9(2)13(17)19-15(20-14)10-6-7-10/h3-5,10H,6-7H2,1-2H3,(H3,17,18,19,20).